The predicted molar refractivity (Wildman–Crippen MR) is 116 cm³/mol. The summed E-state index contributed by atoms with van der Waals surface area (Å²) in [6.07, 6.45) is 0. The Morgan fingerprint density at radius 1 is 0.577 bits per heavy atom. The summed E-state index contributed by atoms with van der Waals surface area (Å²) in [5.74, 6) is 0. The van der Waals surface area contributed by atoms with E-state index in [-0.39, 0.29) is 0 Å². The second-order valence-corrected chi connectivity index (χ2v) is 6.98. The Balaban J connectivity index is 2.28. The second-order valence-electron chi connectivity index (χ2n) is 6.98. The van der Waals surface area contributed by atoms with Crippen LogP contribution in [-0.2, 0) is 0 Å². The zero-order valence-electron chi connectivity index (χ0n) is 15.3. The molecule has 26 heavy (non-hydrogen) atoms. The maximum Gasteiger partial charge on any atom is -0.00146 e. The largest absolute Gasteiger partial charge is 0.0955 e. The molecular formula is C26H22. The first-order valence-corrected chi connectivity index (χ1v) is 8.93. The van der Waals surface area contributed by atoms with Gasteiger partial charge in [0.25, 0.3) is 0 Å². The van der Waals surface area contributed by atoms with Gasteiger partial charge in [0.05, 0.1) is 0 Å². The highest BCUT2D eigenvalue weighted by atomic mass is 14.2. The fourth-order valence-electron chi connectivity index (χ4n) is 3.82. The summed E-state index contributed by atoms with van der Waals surface area (Å²) in [6.45, 7) is 12.6. The monoisotopic (exact) mass is 334 g/mol. The molecule has 0 saturated heterocycles. The minimum absolute atomic E-state index is 1.07. The molecular weight excluding hydrogens is 312 g/mol. The molecule has 0 atom stereocenters. The Morgan fingerprint density at radius 3 is 1.50 bits per heavy atom. The number of hydrogen-bond donors (Lipinski definition) is 0. The first-order valence-electron chi connectivity index (χ1n) is 8.93. The van der Waals surface area contributed by atoms with E-state index in [0.717, 1.165) is 11.1 Å². The van der Waals surface area contributed by atoms with E-state index in [2.05, 4.69) is 99.8 Å². The zero-order valence-corrected chi connectivity index (χ0v) is 15.3. The summed E-state index contributed by atoms with van der Waals surface area (Å²) in [7, 11) is 0. The van der Waals surface area contributed by atoms with E-state index in [0.29, 0.717) is 0 Å². The lowest BCUT2D eigenvalue weighted by Crippen LogP contribution is -1.95. The molecule has 0 radical (unpaired) electrons. The maximum absolute atomic E-state index is 4.24. The zero-order chi connectivity index (χ0) is 18.3. The summed E-state index contributed by atoms with van der Waals surface area (Å²) >= 11 is 0. The van der Waals surface area contributed by atoms with Gasteiger partial charge >= 0.3 is 0 Å². The minimum Gasteiger partial charge on any atom is -0.0955 e. The second kappa shape index (κ2) is 6.31. The topological polar surface area (TPSA) is 0 Å². The van der Waals surface area contributed by atoms with Gasteiger partial charge in [0.2, 0.25) is 0 Å². The summed E-state index contributed by atoms with van der Waals surface area (Å²) in [6, 6.07) is 26.0. The summed E-state index contributed by atoms with van der Waals surface area (Å²) in [5.41, 5.74) is 7.02. The number of fused-ring (bicyclic) bond motifs is 2. The molecule has 0 aliphatic carbocycles. The van der Waals surface area contributed by atoms with Gasteiger partial charge in [0.15, 0.2) is 0 Å². The third-order valence-electron chi connectivity index (χ3n) is 5.01. The molecule has 0 aliphatic rings. The molecule has 4 rings (SSSR count). The van der Waals surface area contributed by atoms with Crippen LogP contribution in [0.15, 0.2) is 86.0 Å². The molecule has 0 unspecified atom stereocenters. The van der Waals surface area contributed by atoms with E-state index >= 15 is 0 Å². The van der Waals surface area contributed by atoms with Gasteiger partial charge in [-0.2, -0.15) is 0 Å². The molecule has 4 aromatic rings. The van der Waals surface area contributed by atoms with Crippen molar-refractivity contribution in [1.82, 2.24) is 0 Å². The molecule has 0 amide bonds. The average Bonchev–Trinajstić information content (AvgIpc) is 2.65. The van der Waals surface area contributed by atoms with Gasteiger partial charge in [-0.1, -0.05) is 91.0 Å². The van der Waals surface area contributed by atoms with Gasteiger partial charge in [0, 0.05) is 0 Å². The third kappa shape index (κ3) is 2.55. The van der Waals surface area contributed by atoms with Crippen LogP contribution in [0.4, 0.5) is 0 Å². The van der Waals surface area contributed by atoms with Crippen molar-refractivity contribution in [3.05, 3.63) is 97.1 Å². The van der Waals surface area contributed by atoms with Gasteiger partial charge in [-0.25, -0.2) is 0 Å². The molecule has 0 aromatic heterocycles. The molecule has 0 N–H and O–H groups in total. The van der Waals surface area contributed by atoms with Gasteiger partial charge < -0.3 is 0 Å². The van der Waals surface area contributed by atoms with Gasteiger partial charge in [-0.05, 0) is 63.7 Å². The lowest BCUT2D eigenvalue weighted by atomic mass is 9.84. The Labute approximate surface area is 155 Å². The Hall–Kier alpha value is -3.12. The summed E-state index contributed by atoms with van der Waals surface area (Å²) < 4.78 is 0. The lowest BCUT2D eigenvalue weighted by Gasteiger charge is -2.19. The smallest absolute Gasteiger partial charge is 0.00146 e. The Kier molecular flexibility index (Phi) is 3.97. The van der Waals surface area contributed by atoms with Crippen molar-refractivity contribution in [2.45, 2.75) is 13.8 Å². The summed E-state index contributed by atoms with van der Waals surface area (Å²) in [4.78, 5) is 0. The summed E-state index contributed by atoms with van der Waals surface area (Å²) in [5, 5.41) is 5.04. The van der Waals surface area contributed by atoms with Crippen LogP contribution in [-0.4, -0.2) is 0 Å². The van der Waals surface area contributed by atoms with Crippen LogP contribution in [0.5, 0.6) is 0 Å². The Morgan fingerprint density at radius 2 is 1.04 bits per heavy atom. The van der Waals surface area contributed by atoms with E-state index < -0.39 is 0 Å². The number of benzene rings is 4. The first-order chi connectivity index (χ1) is 12.6. The van der Waals surface area contributed by atoms with Crippen molar-refractivity contribution >= 4 is 32.7 Å². The van der Waals surface area contributed by atoms with Crippen LogP contribution in [0.1, 0.15) is 25.0 Å². The van der Waals surface area contributed by atoms with Crippen molar-refractivity contribution < 1.29 is 0 Å². The normalized spacial score (nSPS) is 11.0. The minimum atomic E-state index is 1.07. The molecule has 0 fully saturated rings. The van der Waals surface area contributed by atoms with Crippen LogP contribution >= 0.6 is 0 Å². The van der Waals surface area contributed by atoms with Crippen LogP contribution in [0, 0.1) is 0 Å². The van der Waals surface area contributed by atoms with Gasteiger partial charge in [0.1, 0.15) is 0 Å². The third-order valence-corrected chi connectivity index (χ3v) is 5.01. The van der Waals surface area contributed by atoms with Crippen molar-refractivity contribution in [2.24, 2.45) is 0 Å². The maximum atomic E-state index is 4.24. The van der Waals surface area contributed by atoms with Crippen LogP contribution in [0.3, 0.4) is 0 Å². The highest BCUT2D eigenvalue weighted by Gasteiger charge is 2.17. The van der Waals surface area contributed by atoms with E-state index in [9.17, 15) is 0 Å². The SMILES string of the molecule is C=C(C)c1cccc(C(=C)C)c1-c1c2ccccc2cc2ccccc12. The molecule has 0 bridgehead atoms. The van der Waals surface area contributed by atoms with Crippen molar-refractivity contribution in [2.75, 3.05) is 0 Å². The molecule has 126 valence electrons. The van der Waals surface area contributed by atoms with Crippen LogP contribution in [0.2, 0.25) is 0 Å². The fraction of sp³-hybridized carbons (Fsp3) is 0.0769. The van der Waals surface area contributed by atoms with Crippen molar-refractivity contribution in [1.29, 1.82) is 0 Å². The highest BCUT2D eigenvalue weighted by molar-refractivity contribution is 6.15. The number of hydrogen-bond acceptors (Lipinski definition) is 0. The quantitative estimate of drug-likeness (QED) is 0.336. The number of allylic oxidation sites excluding steroid dienone is 2. The van der Waals surface area contributed by atoms with Crippen molar-refractivity contribution in [3.63, 3.8) is 0 Å². The molecule has 0 aliphatic heterocycles. The lowest BCUT2D eigenvalue weighted by molar-refractivity contribution is 1.51. The first kappa shape index (κ1) is 16.4. The average molecular weight is 334 g/mol. The molecule has 0 spiro atoms. The molecule has 0 saturated carbocycles. The van der Waals surface area contributed by atoms with Crippen LogP contribution in [0.25, 0.3) is 43.8 Å². The highest BCUT2D eigenvalue weighted by Crippen LogP contribution is 2.42. The van der Waals surface area contributed by atoms with Crippen molar-refractivity contribution in [3.8, 4) is 11.1 Å². The molecule has 4 aromatic carbocycles. The van der Waals surface area contributed by atoms with Gasteiger partial charge in [-0.3, -0.25) is 0 Å². The van der Waals surface area contributed by atoms with E-state index in [1.54, 1.807) is 0 Å². The van der Waals surface area contributed by atoms with E-state index in [1.807, 2.05) is 0 Å². The standard InChI is InChI=1S/C26H22/c1-17(2)21-14-9-15-22(18(3)4)25(21)26-23-12-7-5-10-19(23)16-20-11-6-8-13-24(20)26/h5-16H,1,3H2,2,4H3. The molecule has 0 nitrogen and oxygen atoms in total. The Bertz CT molecular complexity index is 1090. The predicted octanol–water partition coefficient (Wildman–Crippen LogP) is 7.73. The van der Waals surface area contributed by atoms with E-state index in [1.165, 1.54) is 43.8 Å². The number of rotatable bonds is 3. The van der Waals surface area contributed by atoms with Crippen LogP contribution < -0.4 is 0 Å². The molecule has 0 heteroatoms. The molecule has 0 heterocycles. The fourth-order valence-corrected chi connectivity index (χ4v) is 3.82. The van der Waals surface area contributed by atoms with E-state index in [4.69, 9.17) is 0 Å². The van der Waals surface area contributed by atoms with Gasteiger partial charge in [-0.15, -0.1) is 0 Å².